The van der Waals surface area contributed by atoms with Crippen LogP contribution in [-0.2, 0) is 11.2 Å². The summed E-state index contributed by atoms with van der Waals surface area (Å²) in [6.45, 7) is 4.53. The van der Waals surface area contributed by atoms with Crippen LogP contribution in [0.1, 0.15) is 5.56 Å². The van der Waals surface area contributed by atoms with Gasteiger partial charge in [0.05, 0.1) is 13.2 Å². The summed E-state index contributed by atoms with van der Waals surface area (Å²) >= 11 is 0. The van der Waals surface area contributed by atoms with Gasteiger partial charge in [-0.25, -0.2) is 0 Å². The molecule has 0 unspecified atom stereocenters. The second-order valence-corrected chi connectivity index (χ2v) is 5.18. The summed E-state index contributed by atoms with van der Waals surface area (Å²) in [7, 11) is 0. The van der Waals surface area contributed by atoms with E-state index in [1.807, 2.05) is 12.3 Å². The van der Waals surface area contributed by atoms with Gasteiger partial charge in [-0.05, 0) is 42.3 Å². The number of hydrogen-bond donors (Lipinski definition) is 1. The average molecular weight is 283 g/mol. The second-order valence-electron chi connectivity index (χ2n) is 5.18. The van der Waals surface area contributed by atoms with E-state index in [2.05, 4.69) is 45.5 Å². The van der Waals surface area contributed by atoms with Crippen molar-refractivity contribution in [3.63, 3.8) is 0 Å². The van der Waals surface area contributed by atoms with Crippen LogP contribution in [0.5, 0.6) is 0 Å². The molecular weight excluding hydrogens is 262 g/mol. The topological polar surface area (TPSA) is 37.4 Å². The van der Waals surface area contributed by atoms with Gasteiger partial charge in [0, 0.05) is 43.4 Å². The molecule has 4 nitrogen and oxygen atoms in total. The molecule has 0 saturated carbocycles. The minimum Gasteiger partial charge on any atom is -0.385 e. The Morgan fingerprint density at radius 1 is 1.10 bits per heavy atom. The third kappa shape index (κ3) is 3.95. The van der Waals surface area contributed by atoms with Gasteiger partial charge >= 0.3 is 0 Å². The molecule has 1 aromatic carbocycles. The third-order valence-corrected chi connectivity index (χ3v) is 3.71. The maximum absolute atomic E-state index is 5.38. The zero-order chi connectivity index (χ0) is 14.3. The molecule has 4 heteroatoms. The quantitative estimate of drug-likeness (QED) is 0.915. The van der Waals surface area contributed by atoms with Crippen molar-refractivity contribution in [2.75, 3.05) is 43.1 Å². The highest BCUT2D eigenvalue weighted by Gasteiger charge is 2.10. The minimum atomic E-state index is 0.825. The Morgan fingerprint density at radius 3 is 2.62 bits per heavy atom. The first-order chi connectivity index (χ1) is 10.4. The Morgan fingerprint density at radius 2 is 1.90 bits per heavy atom. The van der Waals surface area contributed by atoms with Gasteiger partial charge in [-0.2, -0.15) is 0 Å². The molecule has 21 heavy (non-hydrogen) atoms. The molecule has 1 saturated heterocycles. The standard InChI is InChI=1S/C17H21N3O/c1-2-15(14-18-8-1)7-9-19-16-3-5-17(6-4-16)20-10-12-21-13-11-20/h1-6,8,14,19H,7,9-13H2. The van der Waals surface area contributed by atoms with Crippen LogP contribution in [-0.4, -0.2) is 37.8 Å². The molecule has 1 aliphatic rings. The largest absolute Gasteiger partial charge is 0.385 e. The summed E-state index contributed by atoms with van der Waals surface area (Å²) < 4.78 is 5.38. The van der Waals surface area contributed by atoms with Gasteiger partial charge in [-0.15, -0.1) is 0 Å². The van der Waals surface area contributed by atoms with E-state index >= 15 is 0 Å². The maximum Gasteiger partial charge on any atom is 0.0642 e. The molecule has 110 valence electrons. The van der Waals surface area contributed by atoms with Gasteiger partial charge in [0.15, 0.2) is 0 Å². The molecule has 1 N–H and O–H groups in total. The van der Waals surface area contributed by atoms with E-state index in [1.54, 1.807) is 6.20 Å². The average Bonchev–Trinajstić information content (AvgIpc) is 2.57. The number of aromatic nitrogens is 1. The smallest absolute Gasteiger partial charge is 0.0642 e. The molecule has 0 amide bonds. The van der Waals surface area contributed by atoms with Crippen molar-refractivity contribution < 1.29 is 4.74 Å². The van der Waals surface area contributed by atoms with E-state index in [0.717, 1.165) is 45.0 Å². The molecular formula is C17H21N3O. The van der Waals surface area contributed by atoms with Gasteiger partial charge in [-0.3, -0.25) is 4.98 Å². The van der Waals surface area contributed by atoms with Crippen molar-refractivity contribution in [2.45, 2.75) is 6.42 Å². The molecule has 0 radical (unpaired) electrons. The molecule has 0 aliphatic carbocycles. The first-order valence-corrected chi connectivity index (χ1v) is 7.47. The SMILES string of the molecule is c1cncc(CCNc2ccc(N3CCOCC3)cc2)c1. The first-order valence-electron chi connectivity index (χ1n) is 7.47. The summed E-state index contributed by atoms with van der Waals surface area (Å²) in [6.07, 6.45) is 4.71. The molecule has 1 fully saturated rings. The van der Waals surface area contributed by atoms with Crippen LogP contribution in [0.15, 0.2) is 48.8 Å². The number of benzene rings is 1. The normalized spacial score (nSPS) is 15.0. The van der Waals surface area contributed by atoms with Crippen molar-refractivity contribution in [2.24, 2.45) is 0 Å². The van der Waals surface area contributed by atoms with Crippen LogP contribution in [0.25, 0.3) is 0 Å². The minimum absolute atomic E-state index is 0.825. The fraction of sp³-hybridized carbons (Fsp3) is 0.353. The number of ether oxygens (including phenoxy) is 1. The predicted octanol–water partition coefficient (Wildman–Crippen LogP) is 2.57. The third-order valence-electron chi connectivity index (χ3n) is 3.71. The van der Waals surface area contributed by atoms with Crippen molar-refractivity contribution in [1.82, 2.24) is 4.98 Å². The summed E-state index contributed by atoms with van der Waals surface area (Å²) in [4.78, 5) is 6.49. The van der Waals surface area contributed by atoms with E-state index in [0.29, 0.717) is 0 Å². The lowest BCUT2D eigenvalue weighted by Crippen LogP contribution is -2.36. The van der Waals surface area contributed by atoms with Gasteiger partial charge in [0.1, 0.15) is 0 Å². The molecule has 2 aromatic rings. The number of morpholine rings is 1. The summed E-state index contributed by atoms with van der Waals surface area (Å²) in [6, 6.07) is 12.7. The van der Waals surface area contributed by atoms with Crippen molar-refractivity contribution in [1.29, 1.82) is 0 Å². The van der Waals surface area contributed by atoms with Crippen LogP contribution in [0.3, 0.4) is 0 Å². The highest BCUT2D eigenvalue weighted by atomic mass is 16.5. The van der Waals surface area contributed by atoms with Crippen LogP contribution in [0, 0.1) is 0 Å². The zero-order valence-corrected chi connectivity index (χ0v) is 12.2. The van der Waals surface area contributed by atoms with Gasteiger partial charge in [-0.1, -0.05) is 6.07 Å². The molecule has 2 heterocycles. The van der Waals surface area contributed by atoms with E-state index in [9.17, 15) is 0 Å². The second kappa shape index (κ2) is 7.09. The van der Waals surface area contributed by atoms with Crippen molar-refractivity contribution >= 4 is 11.4 Å². The highest BCUT2D eigenvalue weighted by Crippen LogP contribution is 2.18. The number of nitrogens with one attached hydrogen (secondary N) is 1. The Bertz CT molecular complexity index is 536. The Hall–Kier alpha value is -2.07. The van der Waals surface area contributed by atoms with E-state index < -0.39 is 0 Å². The van der Waals surface area contributed by atoms with Crippen molar-refractivity contribution in [3.8, 4) is 0 Å². The summed E-state index contributed by atoms with van der Waals surface area (Å²) in [5.74, 6) is 0. The monoisotopic (exact) mass is 283 g/mol. The number of hydrogen-bond acceptors (Lipinski definition) is 4. The maximum atomic E-state index is 5.38. The van der Waals surface area contributed by atoms with Crippen LogP contribution in [0.2, 0.25) is 0 Å². The zero-order valence-electron chi connectivity index (χ0n) is 12.2. The molecule has 0 bridgehead atoms. The fourth-order valence-electron chi connectivity index (χ4n) is 2.51. The van der Waals surface area contributed by atoms with Gasteiger partial charge in [0.2, 0.25) is 0 Å². The van der Waals surface area contributed by atoms with Crippen LogP contribution < -0.4 is 10.2 Å². The Labute approximate surface area is 125 Å². The Kier molecular flexibility index (Phi) is 4.69. The molecule has 3 rings (SSSR count). The molecule has 0 atom stereocenters. The fourth-order valence-corrected chi connectivity index (χ4v) is 2.51. The molecule has 1 aliphatic heterocycles. The molecule has 0 spiro atoms. The highest BCUT2D eigenvalue weighted by molar-refractivity contribution is 5.55. The lowest BCUT2D eigenvalue weighted by Gasteiger charge is -2.28. The first kappa shape index (κ1) is 13.9. The van der Waals surface area contributed by atoms with E-state index in [-0.39, 0.29) is 0 Å². The van der Waals surface area contributed by atoms with E-state index in [1.165, 1.54) is 11.3 Å². The van der Waals surface area contributed by atoms with Crippen molar-refractivity contribution in [3.05, 3.63) is 54.4 Å². The number of nitrogens with zero attached hydrogens (tertiary/aromatic N) is 2. The van der Waals surface area contributed by atoms with E-state index in [4.69, 9.17) is 4.74 Å². The number of rotatable bonds is 5. The van der Waals surface area contributed by atoms with Gasteiger partial charge < -0.3 is 15.0 Å². The molecule has 1 aromatic heterocycles. The summed E-state index contributed by atoms with van der Waals surface area (Å²) in [5, 5.41) is 3.45. The van der Waals surface area contributed by atoms with Gasteiger partial charge in [0.25, 0.3) is 0 Å². The number of pyridine rings is 1. The van der Waals surface area contributed by atoms with Crippen LogP contribution in [0.4, 0.5) is 11.4 Å². The van der Waals surface area contributed by atoms with Crippen LogP contribution >= 0.6 is 0 Å². The summed E-state index contributed by atoms with van der Waals surface area (Å²) in [5.41, 5.74) is 3.70. The predicted molar refractivity (Wildman–Crippen MR) is 85.9 cm³/mol. The number of anilines is 2. The lowest BCUT2D eigenvalue weighted by atomic mass is 10.2. The lowest BCUT2D eigenvalue weighted by molar-refractivity contribution is 0.122. The Balaban J connectivity index is 1.50.